The third-order valence-electron chi connectivity index (χ3n) is 7.29. The Balaban J connectivity index is 1.34. The molecule has 30 heavy (non-hydrogen) atoms. The minimum Gasteiger partial charge on any atom is -0.508 e. The lowest BCUT2D eigenvalue weighted by molar-refractivity contribution is -0.00614. The highest BCUT2D eigenvalue weighted by molar-refractivity contribution is 6.04. The summed E-state index contributed by atoms with van der Waals surface area (Å²) in [5, 5.41) is 10.7. The van der Waals surface area contributed by atoms with Gasteiger partial charge >= 0.3 is 5.97 Å². The van der Waals surface area contributed by atoms with Crippen molar-refractivity contribution < 1.29 is 19.4 Å². The van der Waals surface area contributed by atoms with Crippen molar-refractivity contribution in [2.24, 2.45) is 17.8 Å². The molecule has 154 valence electrons. The highest BCUT2D eigenvalue weighted by Crippen LogP contribution is 2.61. The van der Waals surface area contributed by atoms with Gasteiger partial charge < -0.3 is 9.84 Å². The minimum absolute atomic E-state index is 0.0125. The Bertz CT molecular complexity index is 970. The predicted molar refractivity (Wildman–Crippen MR) is 113 cm³/mol. The molecule has 0 atom stereocenters. The first kappa shape index (κ1) is 19.1. The van der Waals surface area contributed by atoms with Crippen molar-refractivity contribution >= 4 is 11.8 Å². The molecule has 0 amide bonds. The van der Waals surface area contributed by atoms with Crippen LogP contribution < -0.4 is 0 Å². The van der Waals surface area contributed by atoms with E-state index in [1.54, 1.807) is 36.4 Å². The molecule has 4 saturated carbocycles. The van der Waals surface area contributed by atoms with Gasteiger partial charge in [-0.1, -0.05) is 18.2 Å². The van der Waals surface area contributed by atoms with E-state index < -0.39 is 5.97 Å². The number of phenolic OH excluding ortho intramolecular Hbond substituents is 1. The minimum atomic E-state index is -0.500. The normalized spacial score (nSPS) is 29.3. The van der Waals surface area contributed by atoms with Gasteiger partial charge in [0.15, 0.2) is 5.78 Å². The van der Waals surface area contributed by atoms with Crippen molar-refractivity contribution in [1.82, 2.24) is 0 Å². The van der Waals surface area contributed by atoms with Crippen LogP contribution in [-0.4, -0.2) is 16.9 Å². The first-order chi connectivity index (χ1) is 14.5. The number of hydrogen-bond donors (Lipinski definition) is 1. The Hall–Kier alpha value is -2.88. The molecule has 4 heteroatoms. The fourth-order valence-electron chi connectivity index (χ4n) is 6.45. The van der Waals surface area contributed by atoms with E-state index in [9.17, 15) is 14.7 Å². The number of rotatable bonds is 5. The molecular weight excluding hydrogens is 376 g/mol. The van der Waals surface area contributed by atoms with Crippen LogP contribution >= 0.6 is 0 Å². The van der Waals surface area contributed by atoms with Crippen LogP contribution in [0.15, 0.2) is 60.9 Å². The zero-order valence-electron chi connectivity index (χ0n) is 16.9. The molecule has 2 aromatic carbocycles. The van der Waals surface area contributed by atoms with E-state index in [1.807, 2.05) is 12.1 Å². The summed E-state index contributed by atoms with van der Waals surface area (Å²) in [6, 6.07) is 13.8. The highest BCUT2D eigenvalue weighted by atomic mass is 16.5. The van der Waals surface area contributed by atoms with Crippen molar-refractivity contribution in [3.8, 4) is 5.75 Å². The first-order valence-corrected chi connectivity index (χ1v) is 10.8. The van der Waals surface area contributed by atoms with Crippen molar-refractivity contribution in [2.75, 3.05) is 0 Å². The molecule has 0 heterocycles. The van der Waals surface area contributed by atoms with Crippen LogP contribution in [0.3, 0.4) is 0 Å². The first-order valence-electron chi connectivity index (χ1n) is 10.8. The molecule has 0 spiro atoms. The standard InChI is InChI=1S/C26H26O4/c27-23(8-9-30-25(29)20-4-2-1-3-5-20)21-6-7-24(28)22(13-21)26-14-17-10-18(15-26)12-19(11-17)16-26/h1-9,13,17-19,28H,10-12,14-16H2. The second kappa shape index (κ2) is 7.42. The van der Waals surface area contributed by atoms with Gasteiger partial charge in [-0.15, -0.1) is 0 Å². The van der Waals surface area contributed by atoms with Crippen LogP contribution in [0.4, 0.5) is 0 Å². The highest BCUT2D eigenvalue weighted by Gasteiger charge is 2.52. The second-order valence-electron chi connectivity index (χ2n) is 9.37. The molecule has 0 aliphatic heterocycles. The number of hydrogen-bond acceptors (Lipinski definition) is 4. The Kier molecular flexibility index (Phi) is 4.73. The maximum atomic E-state index is 12.7. The number of phenols is 1. The van der Waals surface area contributed by atoms with Gasteiger partial charge in [-0.3, -0.25) is 4.79 Å². The Morgan fingerprint density at radius 3 is 2.17 bits per heavy atom. The molecule has 0 unspecified atom stereocenters. The van der Waals surface area contributed by atoms with Crippen LogP contribution in [0.25, 0.3) is 0 Å². The molecule has 4 fully saturated rings. The quantitative estimate of drug-likeness (QED) is 0.314. The molecule has 4 aliphatic rings. The zero-order valence-corrected chi connectivity index (χ0v) is 16.9. The number of benzene rings is 2. The summed E-state index contributed by atoms with van der Waals surface area (Å²) in [5.74, 6) is 1.83. The second-order valence-corrected chi connectivity index (χ2v) is 9.37. The number of ether oxygens (including phenoxy) is 1. The van der Waals surface area contributed by atoms with Gasteiger partial charge in [0.05, 0.1) is 11.8 Å². The summed E-state index contributed by atoms with van der Waals surface area (Å²) in [6.45, 7) is 0. The summed E-state index contributed by atoms with van der Waals surface area (Å²) >= 11 is 0. The van der Waals surface area contributed by atoms with E-state index in [4.69, 9.17) is 4.74 Å². The van der Waals surface area contributed by atoms with Crippen LogP contribution in [0.1, 0.15) is 64.8 Å². The monoisotopic (exact) mass is 402 g/mol. The molecule has 4 bridgehead atoms. The Labute approximate surface area is 176 Å². The van der Waals surface area contributed by atoms with Crippen LogP contribution in [0, 0.1) is 17.8 Å². The zero-order chi connectivity index (χ0) is 20.7. The molecule has 4 aliphatic carbocycles. The number of esters is 1. The SMILES string of the molecule is O=C(C=COC(=O)c1ccccc1)c1ccc(O)c(C23CC4CC(CC(C4)C2)C3)c1. The van der Waals surface area contributed by atoms with E-state index in [0.29, 0.717) is 16.9 Å². The third-order valence-corrected chi connectivity index (χ3v) is 7.29. The van der Waals surface area contributed by atoms with Crippen LogP contribution in [0.2, 0.25) is 0 Å². The maximum absolute atomic E-state index is 12.7. The molecular formula is C26H26O4. The fraction of sp³-hybridized carbons (Fsp3) is 0.385. The van der Waals surface area contributed by atoms with E-state index in [1.165, 1.54) is 25.3 Å². The molecule has 0 radical (unpaired) electrons. The van der Waals surface area contributed by atoms with Gasteiger partial charge in [-0.2, -0.15) is 0 Å². The largest absolute Gasteiger partial charge is 0.508 e. The van der Waals surface area contributed by atoms with Gasteiger partial charge in [0.25, 0.3) is 0 Å². The molecule has 0 saturated heterocycles. The number of aromatic hydroxyl groups is 1. The lowest BCUT2D eigenvalue weighted by Crippen LogP contribution is -2.48. The van der Waals surface area contributed by atoms with Crippen molar-refractivity contribution in [3.63, 3.8) is 0 Å². The summed E-state index contributed by atoms with van der Waals surface area (Å²) in [7, 11) is 0. The van der Waals surface area contributed by atoms with Crippen molar-refractivity contribution in [3.05, 3.63) is 77.6 Å². The number of carbonyl (C=O) groups excluding carboxylic acids is 2. The van der Waals surface area contributed by atoms with Crippen LogP contribution in [0.5, 0.6) is 5.75 Å². The average molecular weight is 402 g/mol. The van der Waals surface area contributed by atoms with Gasteiger partial charge in [0, 0.05) is 17.2 Å². The lowest BCUT2D eigenvalue weighted by atomic mass is 9.48. The molecule has 4 nitrogen and oxygen atoms in total. The molecule has 6 rings (SSSR count). The van der Waals surface area contributed by atoms with Gasteiger partial charge in [0.2, 0.25) is 0 Å². The summed E-state index contributed by atoms with van der Waals surface area (Å²) in [5.41, 5.74) is 1.90. The topological polar surface area (TPSA) is 63.6 Å². The van der Waals surface area contributed by atoms with E-state index in [2.05, 4.69) is 0 Å². The maximum Gasteiger partial charge on any atom is 0.342 e. The Morgan fingerprint density at radius 1 is 0.900 bits per heavy atom. The van der Waals surface area contributed by atoms with Gasteiger partial charge in [0.1, 0.15) is 5.75 Å². The summed E-state index contributed by atoms with van der Waals surface area (Å²) in [4.78, 5) is 24.7. The van der Waals surface area contributed by atoms with Gasteiger partial charge in [-0.25, -0.2) is 4.79 Å². The van der Waals surface area contributed by atoms with E-state index in [0.717, 1.165) is 48.8 Å². The lowest BCUT2D eigenvalue weighted by Gasteiger charge is -2.57. The van der Waals surface area contributed by atoms with Crippen molar-refractivity contribution in [2.45, 2.75) is 43.9 Å². The number of ketones is 1. The summed E-state index contributed by atoms with van der Waals surface area (Å²) in [6.07, 6.45) is 9.76. The molecule has 1 N–H and O–H groups in total. The Morgan fingerprint density at radius 2 is 1.53 bits per heavy atom. The molecule has 2 aromatic rings. The van der Waals surface area contributed by atoms with Crippen LogP contribution in [-0.2, 0) is 10.2 Å². The third kappa shape index (κ3) is 3.45. The number of allylic oxidation sites excluding steroid dienone is 1. The van der Waals surface area contributed by atoms with E-state index >= 15 is 0 Å². The van der Waals surface area contributed by atoms with Crippen molar-refractivity contribution in [1.29, 1.82) is 0 Å². The average Bonchev–Trinajstić information content (AvgIpc) is 2.73. The molecule has 0 aromatic heterocycles. The fourth-order valence-corrected chi connectivity index (χ4v) is 6.45. The smallest absolute Gasteiger partial charge is 0.342 e. The number of carbonyl (C=O) groups is 2. The predicted octanol–water partition coefficient (Wildman–Crippen LogP) is 5.41. The summed E-state index contributed by atoms with van der Waals surface area (Å²) < 4.78 is 5.08. The van der Waals surface area contributed by atoms with E-state index in [-0.39, 0.29) is 11.2 Å². The van der Waals surface area contributed by atoms with Gasteiger partial charge in [-0.05, 0) is 92.0 Å².